The van der Waals surface area contributed by atoms with Gasteiger partial charge < -0.3 is 54.8 Å². The predicted molar refractivity (Wildman–Crippen MR) is 296 cm³/mol. The van der Waals surface area contributed by atoms with Crippen molar-refractivity contribution in [1.29, 1.82) is 0 Å². The zero-order chi connectivity index (χ0) is 57.3. The molecule has 0 unspecified atom stereocenters. The molecule has 2 aliphatic rings. The number of nitrogens with one attached hydrogen (secondary N) is 4. The largest absolute Gasteiger partial charge is 0.421 e. The van der Waals surface area contributed by atoms with Crippen LogP contribution in [0.15, 0.2) is 96.2 Å². The van der Waals surface area contributed by atoms with E-state index in [0.717, 1.165) is 54.9 Å². The first kappa shape index (κ1) is 61.4. The summed E-state index contributed by atoms with van der Waals surface area (Å²) in [7, 11) is -1.45. The highest BCUT2D eigenvalue weighted by Crippen LogP contribution is 2.40. The smallest absolute Gasteiger partial charge is 0.378 e. The van der Waals surface area contributed by atoms with Crippen LogP contribution >= 0.6 is 0 Å². The summed E-state index contributed by atoms with van der Waals surface area (Å²) >= 11 is 0. The SMILES string of the molecule is C[C@@H]1CN(CC(=O)N2CC(C)(C)c3ncc(Cc4ccc(F)cc4)cc32)[C@@H](CN(C)CCOCCOCCOCCOCCOCC(=O)Nc2ccc(Nc3ncc(C(F)(F)F)c(NCc4cccc(S(C)(=O)=O)c4)n3)cc2)CN1. The van der Waals surface area contributed by atoms with Crippen molar-refractivity contribution in [1.82, 2.24) is 30.1 Å². The quantitative estimate of drug-likeness (QED) is 0.0293. The average Bonchev–Trinajstić information content (AvgIpc) is 3.85. The average molecular weight is 1140 g/mol. The fourth-order valence-electron chi connectivity index (χ4n) is 9.13. The first-order valence-electron chi connectivity index (χ1n) is 26.4. The molecule has 19 nitrogen and oxygen atoms in total. The summed E-state index contributed by atoms with van der Waals surface area (Å²) in [5.41, 5.74) is 3.66. The third-order valence-corrected chi connectivity index (χ3v) is 14.4. The van der Waals surface area contributed by atoms with E-state index in [0.29, 0.717) is 88.9 Å². The summed E-state index contributed by atoms with van der Waals surface area (Å²) in [6.45, 7) is 13.2. The lowest BCUT2D eigenvalue weighted by atomic mass is 9.91. The third-order valence-electron chi connectivity index (χ3n) is 13.3. The van der Waals surface area contributed by atoms with Gasteiger partial charge in [-0.1, -0.05) is 38.1 Å². The number of benzene rings is 3. The standard InChI is InChI=1S/C56H72F4N10O9S/c1-39-34-69(36-51(72)70-38-55(2,3)52-49(70)29-42(31-62-52)27-40-9-11-43(57)12-10-40)46(32-61-39)35-68(4)17-18-75-19-20-76-21-22-77-23-24-78-25-26-79-37-50(71)65-44-13-15-45(16-14-44)66-54-64-33-48(56(58,59)60)53(67-54)63-30-41-7-6-8-47(28-41)80(5,73)74/h6-16,28-29,31,33,39,46,61H,17-27,30,32,34-38H2,1-5H3,(H,65,71)(H2,63,64,66,67)/t39-,46-/m1/s1. The first-order valence-corrected chi connectivity index (χ1v) is 28.3. The molecule has 0 spiro atoms. The maximum Gasteiger partial charge on any atom is 0.421 e. The number of aromatic nitrogens is 3. The number of pyridine rings is 1. The minimum atomic E-state index is -4.76. The fraction of sp³-hybridized carbons (Fsp3) is 0.482. The van der Waals surface area contributed by atoms with E-state index < -0.39 is 33.3 Å². The summed E-state index contributed by atoms with van der Waals surface area (Å²) in [5.74, 6) is -1.25. The lowest BCUT2D eigenvalue weighted by Gasteiger charge is -2.41. The molecular weight excluding hydrogens is 1060 g/mol. The maximum absolute atomic E-state index is 14.1. The Morgan fingerprint density at radius 1 is 0.825 bits per heavy atom. The summed E-state index contributed by atoms with van der Waals surface area (Å²) in [6.07, 6.45) is -0.598. The molecule has 2 atom stereocenters. The Hall–Kier alpha value is -6.22. The number of halogens is 4. The third kappa shape index (κ3) is 18.9. The molecule has 1 saturated heterocycles. The molecule has 2 aromatic heterocycles. The molecular formula is C56H72F4N10O9S. The van der Waals surface area contributed by atoms with Gasteiger partial charge in [0, 0.05) is 86.8 Å². The van der Waals surface area contributed by atoms with Crippen LogP contribution in [-0.4, -0.2) is 176 Å². The van der Waals surface area contributed by atoms with Crippen LogP contribution in [-0.2, 0) is 67.7 Å². The zero-order valence-electron chi connectivity index (χ0n) is 45.8. The number of nitrogens with zero attached hydrogens (tertiary/aromatic N) is 6. The molecule has 0 bridgehead atoms. The van der Waals surface area contributed by atoms with Crippen LogP contribution in [0.2, 0.25) is 0 Å². The highest BCUT2D eigenvalue weighted by molar-refractivity contribution is 7.90. The van der Waals surface area contributed by atoms with Crippen LogP contribution in [0.5, 0.6) is 0 Å². The molecule has 0 radical (unpaired) electrons. The zero-order valence-corrected chi connectivity index (χ0v) is 46.6. The number of rotatable bonds is 30. The molecule has 2 aliphatic heterocycles. The second kappa shape index (κ2) is 29.0. The van der Waals surface area contributed by atoms with Crippen molar-refractivity contribution in [3.63, 3.8) is 0 Å². The van der Waals surface area contributed by atoms with E-state index in [-0.39, 0.29) is 66.4 Å². The van der Waals surface area contributed by atoms with Gasteiger partial charge in [0.15, 0.2) is 9.84 Å². The number of amides is 2. The minimum Gasteiger partial charge on any atom is -0.378 e. The number of fused-ring (bicyclic) bond motifs is 1. The monoisotopic (exact) mass is 1140 g/mol. The molecule has 3 aromatic carbocycles. The van der Waals surface area contributed by atoms with Crippen LogP contribution < -0.4 is 26.2 Å². The van der Waals surface area contributed by atoms with Crippen LogP contribution in [0.4, 0.5) is 46.4 Å². The Bertz CT molecular complexity index is 2930. The molecule has 4 heterocycles. The Morgan fingerprint density at radius 2 is 1.48 bits per heavy atom. The number of hydrogen-bond donors (Lipinski definition) is 4. The summed E-state index contributed by atoms with van der Waals surface area (Å²) in [5, 5.41) is 11.8. The van der Waals surface area contributed by atoms with Crippen LogP contribution in [0.1, 0.15) is 48.7 Å². The highest BCUT2D eigenvalue weighted by atomic mass is 32.2. The topological polar surface area (TPSA) is 211 Å². The molecule has 80 heavy (non-hydrogen) atoms. The van der Waals surface area contributed by atoms with Crippen LogP contribution in [0.25, 0.3) is 0 Å². The number of carbonyl (C=O) groups excluding carboxylic acids is 2. The first-order chi connectivity index (χ1) is 38.2. The molecule has 0 aliphatic carbocycles. The van der Waals surface area contributed by atoms with E-state index >= 15 is 0 Å². The van der Waals surface area contributed by atoms with E-state index in [2.05, 4.69) is 74.9 Å². The molecule has 7 rings (SSSR count). The van der Waals surface area contributed by atoms with Gasteiger partial charge in [-0.3, -0.25) is 19.5 Å². The van der Waals surface area contributed by atoms with E-state index in [1.165, 1.54) is 30.3 Å². The van der Waals surface area contributed by atoms with Crippen molar-refractivity contribution in [3.05, 3.63) is 125 Å². The van der Waals surface area contributed by atoms with Crippen molar-refractivity contribution in [2.24, 2.45) is 0 Å². The Balaban J connectivity index is 0.696. The molecule has 2 amide bonds. The molecule has 434 valence electrons. The summed E-state index contributed by atoms with van der Waals surface area (Å²) < 4.78 is 107. The van der Waals surface area contributed by atoms with Crippen LogP contribution in [0, 0.1) is 5.82 Å². The van der Waals surface area contributed by atoms with Crippen molar-refractivity contribution in [3.8, 4) is 0 Å². The Morgan fingerprint density at radius 3 is 2.14 bits per heavy atom. The van der Waals surface area contributed by atoms with Crippen molar-refractivity contribution >= 4 is 50.5 Å². The van der Waals surface area contributed by atoms with Gasteiger partial charge in [0.05, 0.1) is 82.3 Å². The van der Waals surface area contributed by atoms with Gasteiger partial charge in [0.2, 0.25) is 17.8 Å². The number of sulfone groups is 1. The van der Waals surface area contributed by atoms with E-state index in [1.54, 1.807) is 42.5 Å². The Kier molecular flexibility index (Phi) is 22.2. The number of carbonyl (C=O) groups is 2. The van der Waals surface area contributed by atoms with Crippen molar-refractivity contribution in [2.45, 2.75) is 62.3 Å². The lowest BCUT2D eigenvalue weighted by molar-refractivity contribution is -0.137. The maximum atomic E-state index is 14.1. The lowest BCUT2D eigenvalue weighted by Crippen LogP contribution is -2.60. The summed E-state index contributed by atoms with van der Waals surface area (Å²) in [4.78, 5) is 45.7. The molecule has 24 heteroatoms. The number of anilines is 5. The van der Waals surface area contributed by atoms with Crippen molar-refractivity contribution < 1.29 is 59.3 Å². The van der Waals surface area contributed by atoms with Gasteiger partial charge in [0.25, 0.3) is 0 Å². The minimum absolute atomic E-state index is 0.0372. The number of piperazine rings is 1. The second-order valence-electron chi connectivity index (χ2n) is 20.5. The molecule has 4 N–H and O–H groups in total. The van der Waals surface area contributed by atoms with E-state index in [1.807, 2.05) is 11.1 Å². The summed E-state index contributed by atoms with van der Waals surface area (Å²) in [6, 6.07) is 21.1. The predicted octanol–water partition coefficient (Wildman–Crippen LogP) is 6.32. The number of likely N-dealkylation sites (N-methyl/N-ethyl adjacent to an activating group) is 1. The normalized spacial score (nSPS) is 16.4. The van der Waals surface area contributed by atoms with Gasteiger partial charge in [-0.15, -0.1) is 0 Å². The van der Waals surface area contributed by atoms with E-state index in [4.69, 9.17) is 28.7 Å². The second-order valence-corrected chi connectivity index (χ2v) is 22.5. The Labute approximate surface area is 465 Å². The van der Waals surface area contributed by atoms with Gasteiger partial charge in [-0.05, 0) is 91.7 Å². The molecule has 5 aromatic rings. The van der Waals surface area contributed by atoms with Crippen LogP contribution in [0.3, 0.4) is 0 Å². The molecule has 1 fully saturated rings. The van der Waals surface area contributed by atoms with Gasteiger partial charge in [0.1, 0.15) is 23.8 Å². The van der Waals surface area contributed by atoms with Crippen molar-refractivity contribution in [2.75, 3.05) is 139 Å². The highest BCUT2D eigenvalue weighted by Gasteiger charge is 2.41. The fourth-order valence-corrected chi connectivity index (χ4v) is 9.83. The van der Waals surface area contributed by atoms with Gasteiger partial charge in [-0.2, -0.15) is 18.2 Å². The number of hydrogen-bond acceptors (Lipinski definition) is 17. The van der Waals surface area contributed by atoms with Gasteiger partial charge in [-0.25, -0.2) is 17.8 Å². The molecule has 0 saturated carbocycles. The van der Waals surface area contributed by atoms with E-state index in [9.17, 15) is 35.6 Å². The van der Waals surface area contributed by atoms with Gasteiger partial charge >= 0.3 is 6.18 Å². The number of ether oxygens (including phenoxy) is 5. The number of alkyl halides is 3.